The molecule has 28 heavy (non-hydrogen) atoms. The smallest absolute Gasteiger partial charge is 0.336 e. The minimum Gasteiger partial charge on any atom is -0.460 e. The second kappa shape index (κ2) is 6.62. The van der Waals surface area contributed by atoms with Gasteiger partial charge in [0.25, 0.3) is 0 Å². The fraction of sp³-hybridized carbons (Fsp3) is 0.333. The first-order valence-electron chi connectivity index (χ1n) is 9.97. The van der Waals surface area contributed by atoms with Gasteiger partial charge < -0.3 is 9.15 Å². The van der Waals surface area contributed by atoms with Crippen molar-refractivity contribution in [1.29, 1.82) is 0 Å². The van der Waals surface area contributed by atoms with Crippen molar-refractivity contribution in [2.75, 3.05) is 0 Å². The Morgan fingerprint density at radius 1 is 1.00 bits per heavy atom. The van der Waals surface area contributed by atoms with E-state index in [-0.39, 0.29) is 12.6 Å². The zero-order valence-corrected chi connectivity index (χ0v) is 15.7. The van der Waals surface area contributed by atoms with E-state index >= 15 is 0 Å². The van der Waals surface area contributed by atoms with E-state index in [4.69, 9.17) is 9.15 Å². The number of carbonyl (C=O) groups is 1. The SMILES string of the molecule is O=C(OCc1cc(=O)oc2cc3c(cc12)CCC3)C1(c2ccccc2)CCC1. The first-order chi connectivity index (χ1) is 13.7. The number of benzene rings is 2. The Hall–Kier alpha value is -2.88. The van der Waals surface area contributed by atoms with Crippen molar-refractivity contribution in [3.8, 4) is 0 Å². The van der Waals surface area contributed by atoms with Crippen LogP contribution in [0.4, 0.5) is 0 Å². The molecule has 4 nitrogen and oxygen atoms in total. The zero-order valence-electron chi connectivity index (χ0n) is 15.7. The van der Waals surface area contributed by atoms with E-state index in [0.29, 0.717) is 5.58 Å². The maximum absolute atomic E-state index is 13.0. The fourth-order valence-electron chi connectivity index (χ4n) is 4.59. The van der Waals surface area contributed by atoms with Crippen molar-refractivity contribution in [3.63, 3.8) is 0 Å². The lowest BCUT2D eigenvalue weighted by molar-refractivity contribution is -0.155. The standard InChI is InChI=1S/C24H22O4/c25-22-14-18(20-12-16-6-4-7-17(16)13-21(20)28-22)15-27-23(26)24(10-5-11-24)19-8-2-1-3-9-19/h1-3,8-9,12-14H,4-7,10-11,15H2. The van der Waals surface area contributed by atoms with Crippen LogP contribution in [0.25, 0.3) is 11.0 Å². The molecule has 0 radical (unpaired) electrons. The van der Waals surface area contributed by atoms with Crippen molar-refractivity contribution in [3.05, 3.63) is 81.2 Å². The molecule has 1 fully saturated rings. The van der Waals surface area contributed by atoms with Crippen molar-refractivity contribution in [2.24, 2.45) is 0 Å². The lowest BCUT2D eigenvalue weighted by Crippen LogP contribution is -2.43. The number of carbonyl (C=O) groups excluding carboxylic acids is 1. The highest BCUT2D eigenvalue weighted by Crippen LogP contribution is 2.45. The van der Waals surface area contributed by atoms with Gasteiger partial charge in [-0.25, -0.2) is 4.79 Å². The summed E-state index contributed by atoms with van der Waals surface area (Å²) >= 11 is 0. The van der Waals surface area contributed by atoms with Crippen LogP contribution >= 0.6 is 0 Å². The maximum Gasteiger partial charge on any atom is 0.336 e. The highest BCUT2D eigenvalue weighted by Gasteiger charge is 2.47. The van der Waals surface area contributed by atoms with E-state index in [9.17, 15) is 9.59 Å². The lowest BCUT2D eigenvalue weighted by atomic mass is 9.64. The molecule has 0 spiro atoms. The van der Waals surface area contributed by atoms with Crippen LogP contribution in [0.15, 0.2) is 57.7 Å². The number of hydrogen-bond donors (Lipinski definition) is 0. The van der Waals surface area contributed by atoms with Crippen LogP contribution in [-0.4, -0.2) is 5.97 Å². The summed E-state index contributed by atoms with van der Waals surface area (Å²) < 4.78 is 11.2. The second-order valence-electron chi connectivity index (χ2n) is 7.94. The molecular weight excluding hydrogens is 352 g/mol. The summed E-state index contributed by atoms with van der Waals surface area (Å²) in [5.74, 6) is -0.201. The number of rotatable bonds is 4. The molecule has 0 N–H and O–H groups in total. The number of ether oxygens (including phenoxy) is 1. The molecule has 0 atom stereocenters. The zero-order chi connectivity index (χ0) is 19.1. The highest BCUT2D eigenvalue weighted by atomic mass is 16.5. The Labute approximate surface area is 163 Å². The predicted molar refractivity (Wildman–Crippen MR) is 106 cm³/mol. The van der Waals surface area contributed by atoms with Crippen molar-refractivity contribution in [1.82, 2.24) is 0 Å². The van der Waals surface area contributed by atoms with Gasteiger partial charge in [-0.2, -0.15) is 0 Å². The molecule has 0 bridgehead atoms. The van der Waals surface area contributed by atoms with Crippen LogP contribution < -0.4 is 5.63 Å². The summed E-state index contributed by atoms with van der Waals surface area (Å²) in [6.07, 6.45) is 5.82. The maximum atomic E-state index is 13.0. The van der Waals surface area contributed by atoms with Crippen LogP contribution in [0.5, 0.6) is 0 Å². The molecule has 1 aromatic heterocycles. The van der Waals surface area contributed by atoms with Gasteiger partial charge >= 0.3 is 11.6 Å². The third kappa shape index (κ3) is 2.75. The normalized spacial score (nSPS) is 17.1. The van der Waals surface area contributed by atoms with Crippen LogP contribution in [0, 0.1) is 0 Å². The molecule has 0 aliphatic heterocycles. The van der Waals surface area contributed by atoms with Gasteiger partial charge in [0.05, 0.1) is 5.41 Å². The van der Waals surface area contributed by atoms with Crippen molar-refractivity contribution < 1.29 is 13.9 Å². The summed E-state index contributed by atoms with van der Waals surface area (Å²) in [4.78, 5) is 25.0. The average molecular weight is 374 g/mol. The summed E-state index contributed by atoms with van der Waals surface area (Å²) in [6.45, 7) is 0.0916. The molecule has 0 amide bonds. The highest BCUT2D eigenvalue weighted by molar-refractivity contribution is 5.85. The van der Waals surface area contributed by atoms with Crippen LogP contribution in [0.2, 0.25) is 0 Å². The van der Waals surface area contributed by atoms with Gasteiger partial charge in [0.15, 0.2) is 0 Å². The van der Waals surface area contributed by atoms with Crippen LogP contribution in [0.1, 0.15) is 47.9 Å². The summed E-state index contributed by atoms with van der Waals surface area (Å²) in [7, 11) is 0. The number of esters is 1. The topological polar surface area (TPSA) is 56.5 Å². The van der Waals surface area contributed by atoms with E-state index in [1.165, 1.54) is 17.2 Å². The Morgan fingerprint density at radius 3 is 2.46 bits per heavy atom. The molecule has 0 unspecified atom stereocenters. The fourth-order valence-corrected chi connectivity index (χ4v) is 4.59. The van der Waals surface area contributed by atoms with Gasteiger partial charge in [0, 0.05) is 17.0 Å². The van der Waals surface area contributed by atoms with Crippen molar-refractivity contribution in [2.45, 2.75) is 50.5 Å². The van der Waals surface area contributed by atoms with Gasteiger partial charge in [-0.05, 0) is 60.9 Å². The third-order valence-electron chi connectivity index (χ3n) is 6.33. The van der Waals surface area contributed by atoms with Crippen LogP contribution in [-0.2, 0) is 34.4 Å². The van der Waals surface area contributed by atoms with E-state index < -0.39 is 11.0 Å². The Kier molecular flexibility index (Phi) is 4.08. The van der Waals surface area contributed by atoms with E-state index in [2.05, 4.69) is 6.07 Å². The molecule has 142 valence electrons. The molecule has 1 saturated carbocycles. The average Bonchev–Trinajstić information content (AvgIpc) is 3.12. The van der Waals surface area contributed by atoms with E-state index in [1.54, 1.807) is 0 Å². The molecular formula is C24H22O4. The second-order valence-corrected chi connectivity index (χ2v) is 7.94. The monoisotopic (exact) mass is 374 g/mol. The largest absolute Gasteiger partial charge is 0.460 e. The van der Waals surface area contributed by atoms with E-state index in [1.807, 2.05) is 36.4 Å². The summed E-state index contributed by atoms with van der Waals surface area (Å²) in [6, 6.07) is 15.4. The Bertz CT molecular complexity index is 1110. The predicted octanol–water partition coefficient (Wildman–Crippen LogP) is 4.45. The van der Waals surface area contributed by atoms with Gasteiger partial charge in [0.2, 0.25) is 0 Å². The summed E-state index contributed by atoms with van der Waals surface area (Å²) in [5.41, 5.74) is 3.92. The van der Waals surface area contributed by atoms with E-state index in [0.717, 1.165) is 55.0 Å². The van der Waals surface area contributed by atoms with Gasteiger partial charge in [0.1, 0.15) is 12.2 Å². The Morgan fingerprint density at radius 2 is 1.75 bits per heavy atom. The Balaban J connectivity index is 1.44. The minimum absolute atomic E-state index is 0.0916. The molecule has 2 aliphatic rings. The number of fused-ring (bicyclic) bond motifs is 2. The van der Waals surface area contributed by atoms with Gasteiger partial charge in [-0.3, -0.25) is 4.79 Å². The summed E-state index contributed by atoms with van der Waals surface area (Å²) in [5, 5.41) is 0.871. The lowest BCUT2D eigenvalue weighted by Gasteiger charge is -2.39. The molecule has 2 aliphatic carbocycles. The minimum atomic E-state index is -0.544. The first-order valence-corrected chi connectivity index (χ1v) is 9.97. The number of hydrogen-bond acceptors (Lipinski definition) is 4. The molecule has 5 rings (SSSR count). The van der Waals surface area contributed by atoms with Gasteiger partial charge in [-0.1, -0.05) is 36.8 Å². The molecule has 4 heteroatoms. The van der Waals surface area contributed by atoms with Crippen molar-refractivity contribution >= 4 is 16.9 Å². The third-order valence-corrected chi connectivity index (χ3v) is 6.33. The molecule has 1 heterocycles. The number of aryl methyl sites for hydroxylation is 2. The van der Waals surface area contributed by atoms with Gasteiger partial charge in [-0.15, -0.1) is 0 Å². The quantitative estimate of drug-likeness (QED) is 0.500. The molecule has 0 saturated heterocycles. The van der Waals surface area contributed by atoms with Crippen LogP contribution in [0.3, 0.4) is 0 Å². The molecule has 3 aromatic rings. The molecule has 2 aromatic carbocycles. The first kappa shape index (κ1) is 17.2.